The highest BCUT2D eigenvalue weighted by molar-refractivity contribution is 7.09. The molecule has 0 atom stereocenters. The molecule has 98 valence electrons. The molecular formula is C14H12Cl2N2S. The molecule has 0 aliphatic carbocycles. The third-order valence-electron chi connectivity index (χ3n) is 3.07. The molecule has 0 radical (unpaired) electrons. The number of fused-ring (bicyclic) bond motifs is 1. The molecule has 0 saturated heterocycles. The fraction of sp³-hybridized carbons (Fsp3) is 0.214. The number of halogens is 2. The summed E-state index contributed by atoms with van der Waals surface area (Å²) in [5.74, 6) is 1.31. The van der Waals surface area contributed by atoms with Crippen LogP contribution in [0, 0.1) is 0 Å². The molecule has 1 aromatic carbocycles. The summed E-state index contributed by atoms with van der Waals surface area (Å²) >= 11 is 13.8. The first-order valence-electron chi connectivity index (χ1n) is 6.01. The van der Waals surface area contributed by atoms with E-state index in [-0.39, 0.29) is 0 Å². The molecule has 19 heavy (non-hydrogen) atoms. The summed E-state index contributed by atoms with van der Waals surface area (Å²) in [5.41, 5.74) is 2.01. The predicted octanol–water partition coefficient (Wildman–Crippen LogP) is 4.73. The average Bonchev–Trinajstić information content (AvgIpc) is 3.03. The summed E-state index contributed by atoms with van der Waals surface area (Å²) in [5, 5.41) is 2.83. The summed E-state index contributed by atoms with van der Waals surface area (Å²) in [6, 6.07) is 9.98. The van der Waals surface area contributed by atoms with Crippen molar-refractivity contribution in [2.24, 2.45) is 0 Å². The van der Waals surface area contributed by atoms with Crippen LogP contribution >= 0.6 is 34.5 Å². The number of alkyl halides is 1. The van der Waals surface area contributed by atoms with Gasteiger partial charge in [0.1, 0.15) is 5.82 Å². The highest BCUT2D eigenvalue weighted by atomic mass is 35.5. The third kappa shape index (κ3) is 2.64. The summed E-state index contributed by atoms with van der Waals surface area (Å²) in [4.78, 5) is 5.91. The van der Waals surface area contributed by atoms with Gasteiger partial charge in [-0.2, -0.15) is 0 Å². The lowest BCUT2D eigenvalue weighted by molar-refractivity contribution is 0.693. The van der Waals surface area contributed by atoms with Crippen LogP contribution in [0.5, 0.6) is 0 Å². The van der Waals surface area contributed by atoms with Gasteiger partial charge < -0.3 is 4.57 Å². The molecule has 0 N–H and O–H groups in total. The van der Waals surface area contributed by atoms with E-state index in [2.05, 4.69) is 27.1 Å². The number of rotatable bonds is 4. The molecule has 3 rings (SSSR count). The maximum Gasteiger partial charge on any atom is 0.124 e. The zero-order chi connectivity index (χ0) is 13.2. The van der Waals surface area contributed by atoms with E-state index in [1.807, 2.05) is 18.2 Å². The number of hydrogen-bond donors (Lipinski definition) is 0. The Balaban J connectivity index is 1.97. The maximum absolute atomic E-state index is 6.07. The lowest BCUT2D eigenvalue weighted by Gasteiger charge is -2.06. The minimum Gasteiger partial charge on any atom is -0.327 e. The number of benzene rings is 1. The number of aryl methyl sites for hydroxylation is 2. The fourth-order valence-corrected chi connectivity index (χ4v) is 3.24. The molecule has 0 bridgehead atoms. The zero-order valence-electron chi connectivity index (χ0n) is 10.1. The molecule has 0 fully saturated rings. The Morgan fingerprint density at radius 1 is 1.26 bits per heavy atom. The van der Waals surface area contributed by atoms with Crippen LogP contribution in [0.2, 0.25) is 5.02 Å². The van der Waals surface area contributed by atoms with E-state index in [9.17, 15) is 0 Å². The molecule has 2 nitrogen and oxygen atoms in total. The number of nitrogens with zero attached hydrogens (tertiary/aromatic N) is 2. The second-order valence-electron chi connectivity index (χ2n) is 4.28. The molecule has 0 amide bonds. The SMILES string of the molecule is ClCc1nc2ccc(Cl)cc2n1CCc1cccs1. The van der Waals surface area contributed by atoms with Gasteiger partial charge in [0.15, 0.2) is 0 Å². The van der Waals surface area contributed by atoms with Gasteiger partial charge in [-0.1, -0.05) is 17.7 Å². The van der Waals surface area contributed by atoms with E-state index in [1.54, 1.807) is 11.3 Å². The van der Waals surface area contributed by atoms with Crippen molar-refractivity contribution in [2.75, 3.05) is 0 Å². The highest BCUT2D eigenvalue weighted by Gasteiger charge is 2.10. The second kappa shape index (κ2) is 5.53. The zero-order valence-corrected chi connectivity index (χ0v) is 12.5. The van der Waals surface area contributed by atoms with Crippen LogP contribution in [0.25, 0.3) is 11.0 Å². The molecule has 0 aliphatic heterocycles. The van der Waals surface area contributed by atoms with E-state index in [1.165, 1.54) is 4.88 Å². The highest BCUT2D eigenvalue weighted by Crippen LogP contribution is 2.22. The van der Waals surface area contributed by atoms with E-state index in [0.717, 1.165) is 34.8 Å². The Hall–Kier alpha value is -1.03. The molecule has 3 aromatic rings. The molecular weight excluding hydrogens is 299 g/mol. The van der Waals surface area contributed by atoms with Crippen molar-refractivity contribution in [3.8, 4) is 0 Å². The summed E-state index contributed by atoms with van der Waals surface area (Å²) in [7, 11) is 0. The van der Waals surface area contributed by atoms with E-state index >= 15 is 0 Å². The van der Waals surface area contributed by atoms with Crippen LogP contribution in [-0.4, -0.2) is 9.55 Å². The molecule has 0 aliphatic rings. The first kappa shape index (κ1) is 13.0. The number of imidazole rings is 1. The topological polar surface area (TPSA) is 17.8 Å². The summed E-state index contributed by atoms with van der Waals surface area (Å²) in [6.45, 7) is 0.874. The Labute approximate surface area is 125 Å². The molecule has 0 unspecified atom stereocenters. The van der Waals surface area contributed by atoms with E-state index < -0.39 is 0 Å². The van der Waals surface area contributed by atoms with Crippen LogP contribution < -0.4 is 0 Å². The van der Waals surface area contributed by atoms with Gasteiger partial charge in [-0.05, 0) is 36.1 Å². The van der Waals surface area contributed by atoms with Crippen molar-refractivity contribution in [1.29, 1.82) is 0 Å². The predicted molar refractivity (Wildman–Crippen MR) is 82.3 cm³/mol. The van der Waals surface area contributed by atoms with Crippen LogP contribution in [0.1, 0.15) is 10.7 Å². The van der Waals surface area contributed by atoms with Gasteiger partial charge in [0.05, 0.1) is 16.9 Å². The normalized spacial score (nSPS) is 11.3. The van der Waals surface area contributed by atoms with Crippen molar-refractivity contribution >= 4 is 45.6 Å². The van der Waals surface area contributed by atoms with Gasteiger partial charge in [-0.25, -0.2) is 4.98 Å². The van der Waals surface area contributed by atoms with Crippen LogP contribution in [-0.2, 0) is 18.8 Å². The summed E-state index contributed by atoms with van der Waals surface area (Å²) < 4.78 is 2.16. The quantitative estimate of drug-likeness (QED) is 0.637. The van der Waals surface area contributed by atoms with Crippen molar-refractivity contribution in [2.45, 2.75) is 18.8 Å². The smallest absolute Gasteiger partial charge is 0.124 e. The van der Waals surface area contributed by atoms with Crippen molar-refractivity contribution in [1.82, 2.24) is 9.55 Å². The van der Waals surface area contributed by atoms with Crippen molar-refractivity contribution < 1.29 is 0 Å². The second-order valence-corrected chi connectivity index (χ2v) is 6.01. The first-order valence-corrected chi connectivity index (χ1v) is 7.80. The number of hydrogen-bond acceptors (Lipinski definition) is 2. The van der Waals surface area contributed by atoms with E-state index in [0.29, 0.717) is 5.88 Å². The molecule has 0 spiro atoms. The van der Waals surface area contributed by atoms with Crippen molar-refractivity contribution in [3.63, 3.8) is 0 Å². The van der Waals surface area contributed by atoms with Gasteiger partial charge in [0.2, 0.25) is 0 Å². The minimum atomic E-state index is 0.413. The van der Waals surface area contributed by atoms with E-state index in [4.69, 9.17) is 23.2 Å². The number of thiophene rings is 1. The monoisotopic (exact) mass is 310 g/mol. The third-order valence-corrected chi connectivity index (χ3v) is 4.48. The maximum atomic E-state index is 6.07. The minimum absolute atomic E-state index is 0.413. The Morgan fingerprint density at radius 2 is 2.16 bits per heavy atom. The first-order chi connectivity index (χ1) is 9.28. The Morgan fingerprint density at radius 3 is 2.89 bits per heavy atom. The average molecular weight is 311 g/mol. The standard InChI is InChI=1S/C14H12Cl2N2S/c15-9-14-17-12-4-3-10(16)8-13(12)18(14)6-5-11-2-1-7-19-11/h1-4,7-8H,5-6,9H2. The summed E-state index contributed by atoms with van der Waals surface area (Å²) in [6.07, 6.45) is 0.986. The van der Waals surface area contributed by atoms with Crippen LogP contribution in [0.4, 0.5) is 0 Å². The van der Waals surface area contributed by atoms with Gasteiger partial charge in [-0.15, -0.1) is 22.9 Å². The van der Waals surface area contributed by atoms with Gasteiger partial charge in [0.25, 0.3) is 0 Å². The molecule has 5 heteroatoms. The number of aromatic nitrogens is 2. The largest absolute Gasteiger partial charge is 0.327 e. The van der Waals surface area contributed by atoms with Gasteiger partial charge in [0, 0.05) is 16.4 Å². The Kier molecular flexibility index (Phi) is 3.78. The lowest BCUT2D eigenvalue weighted by Crippen LogP contribution is -2.04. The molecule has 2 heterocycles. The fourth-order valence-electron chi connectivity index (χ4n) is 2.17. The molecule has 2 aromatic heterocycles. The van der Waals surface area contributed by atoms with Crippen LogP contribution in [0.3, 0.4) is 0 Å². The van der Waals surface area contributed by atoms with Gasteiger partial charge >= 0.3 is 0 Å². The van der Waals surface area contributed by atoms with Gasteiger partial charge in [-0.3, -0.25) is 0 Å². The lowest BCUT2D eigenvalue weighted by atomic mass is 10.3. The molecule has 0 saturated carbocycles. The van der Waals surface area contributed by atoms with Crippen molar-refractivity contribution in [3.05, 3.63) is 51.4 Å². The van der Waals surface area contributed by atoms with Crippen LogP contribution in [0.15, 0.2) is 35.7 Å². The Bertz CT molecular complexity index is 689.